The van der Waals surface area contributed by atoms with Gasteiger partial charge >= 0.3 is 0 Å². The number of nitrogens with zero attached hydrogens (tertiary/aromatic N) is 1. The van der Waals surface area contributed by atoms with E-state index in [1.54, 1.807) is 0 Å². The number of sulfonamides is 1. The second kappa shape index (κ2) is 5.07. The first-order valence-electron chi connectivity index (χ1n) is 5.92. The molecule has 0 saturated carbocycles. The highest BCUT2D eigenvalue weighted by Crippen LogP contribution is 2.20. The van der Waals surface area contributed by atoms with Gasteiger partial charge < -0.3 is 5.73 Å². The van der Waals surface area contributed by atoms with Crippen molar-refractivity contribution >= 4 is 15.9 Å². The Hall–Kier alpha value is -1.40. The highest BCUT2D eigenvalue weighted by Gasteiger charge is 2.25. The summed E-state index contributed by atoms with van der Waals surface area (Å²) in [5.41, 5.74) is 5.43. The zero-order valence-electron chi connectivity index (χ0n) is 10.0. The summed E-state index contributed by atoms with van der Waals surface area (Å²) in [7, 11) is -3.42. The molecule has 0 spiro atoms. The lowest BCUT2D eigenvalue weighted by Gasteiger charge is -2.25. The molecule has 6 heteroatoms. The molecule has 1 aromatic rings. The van der Waals surface area contributed by atoms with Crippen LogP contribution in [0, 0.1) is 0 Å². The summed E-state index contributed by atoms with van der Waals surface area (Å²) < 4.78 is 26.1. The molecule has 0 bridgehead atoms. The van der Waals surface area contributed by atoms with Crippen LogP contribution in [0.2, 0.25) is 0 Å². The number of benzene rings is 1. The van der Waals surface area contributed by atoms with Crippen LogP contribution in [0.25, 0.3) is 0 Å². The van der Waals surface area contributed by atoms with E-state index in [0.29, 0.717) is 18.7 Å². The maximum Gasteiger partial charge on any atom is 0.248 e. The number of piperidine rings is 1. The Morgan fingerprint density at radius 1 is 1.06 bits per heavy atom. The fourth-order valence-corrected chi connectivity index (χ4v) is 3.56. The zero-order valence-corrected chi connectivity index (χ0v) is 10.8. The van der Waals surface area contributed by atoms with Crippen LogP contribution >= 0.6 is 0 Å². The van der Waals surface area contributed by atoms with Crippen LogP contribution in [0.1, 0.15) is 29.6 Å². The molecule has 0 unspecified atom stereocenters. The van der Waals surface area contributed by atoms with Gasteiger partial charge in [0.2, 0.25) is 15.9 Å². The van der Waals surface area contributed by atoms with Gasteiger partial charge in [-0.15, -0.1) is 0 Å². The fourth-order valence-electron chi connectivity index (χ4n) is 2.05. The molecule has 1 aromatic carbocycles. The molecule has 98 valence electrons. The van der Waals surface area contributed by atoms with Gasteiger partial charge in [0.05, 0.1) is 4.90 Å². The lowest BCUT2D eigenvalue weighted by Crippen LogP contribution is -2.35. The smallest absolute Gasteiger partial charge is 0.248 e. The van der Waals surface area contributed by atoms with Gasteiger partial charge in [-0.25, -0.2) is 8.42 Å². The highest BCUT2D eigenvalue weighted by atomic mass is 32.2. The monoisotopic (exact) mass is 268 g/mol. The van der Waals surface area contributed by atoms with E-state index in [9.17, 15) is 13.2 Å². The van der Waals surface area contributed by atoms with Gasteiger partial charge in [-0.3, -0.25) is 4.79 Å². The first-order chi connectivity index (χ1) is 8.51. The maximum absolute atomic E-state index is 12.3. The SMILES string of the molecule is NC(=O)c1ccc(S(=O)(=O)N2CCCCC2)cc1. The normalized spacial score (nSPS) is 17.6. The maximum atomic E-state index is 12.3. The minimum atomic E-state index is -3.42. The van der Waals surface area contributed by atoms with Crippen LogP contribution < -0.4 is 5.73 Å². The van der Waals surface area contributed by atoms with Crippen molar-refractivity contribution in [3.63, 3.8) is 0 Å². The topological polar surface area (TPSA) is 80.5 Å². The second-order valence-corrected chi connectivity index (χ2v) is 6.29. The van der Waals surface area contributed by atoms with E-state index in [2.05, 4.69) is 0 Å². The molecule has 5 nitrogen and oxygen atoms in total. The minimum absolute atomic E-state index is 0.217. The van der Waals surface area contributed by atoms with E-state index >= 15 is 0 Å². The quantitative estimate of drug-likeness (QED) is 0.886. The lowest BCUT2D eigenvalue weighted by molar-refractivity contribution is 0.1000. The van der Waals surface area contributed by atoms with Crippen molar-refractivity contribution in [3.05, 3.63) is 29.8 Å². The molecule has 2 N–H and O–H groups in total. The van der Waals surface area contributed by atoms with E-state index in [0.717, 1.165) is 19.3 Å². The number of rotatable bonds is 3. The Morgan fingerprint density at radius 3 is 2.11 bits per heavy atom. The summed E-state index contributed by atoms with van der Waals surface area (Å²) in [6.07, 6.45) is 2.88. The van der Waals surface area contributed by atoms with Gasteiger partial charge in [-0.1, -0.05) is 6.42 Å². The molecule has 1 fully saturated rings. The molecule has 1 saturated heterocycles. The predicted octanol–water partition coefficient (Wildman–Crippen LogP) is 0.960. The average Bonchev–Trinajstić information content (AvgIpc) is 2.40. The summed E-state index contributed by atoms with van der Waals surface area (Å²) >= 11 is 0. The molecule has 1 aliphatic rings. The minimum Gasteiger partial charge on any atom is -0.366 e. The summed E-state index contributed by atoms with van der Waals surface area (Å²) in [5.74, 6) is -0.558. The largest absolute Gasteiger partial charge is 0.366 e. The van der Waals surface area contributed by atoms with Crippen molar-refractivity contribution in [2.24, 2.45) is 5.73 Å². The Labute approximate surface area is 107 Å². The first-order valence-corrected chi connectivity index (χ1v) is 7.36. The molecule has 0 aliphatic carbocycles. The Bertz CT molecular complexity index is 531. The standard InChI is InChI=1S/C12H16N2O3S/c13-12(15)10-4-6-11(7-5-10)18(16,17)14-8-2-1-3-9-14/h4-7H,1-3,8-9H2,(H2,13,15). The van der Waals surface area contributed by atoms with Gasteiger partial charge in [-0.2, -0.15) is 4.31 Å². The van der Waals surface area contributed by atoms with Crippen molar-refractivity contribution in [1.29, 1.82) is 0 Å². The molecule has 18 heavy (non-hydrogen) atoms. The molecular formula is C12H16N2O3S. The van der Waals surface area contributed by atoms with Crippen LogP contribution in [-0.2, 0) is 10.0 Å². The number of carbonyl (C=O) groups excluding carboxylic acids is 1. The van der Waals surface area contributed by atoms with Crippen LogP contribution in [-0.4, -0.2) is 31.7 Å². The van der Waals surface area contributed by atoms with E-state index in [4.69, 9.17) is 5.73 Å². The van der Waals surface area contributed by atoms with E-state index in [1.165, 1.54) is 28.6 Å². The van der Waals surface area contributed by atoms with Crippen LogP contribution in [0.3, 0.4) is 0 Å². The van der Waals surface area contributed by atoms with Gasteiger partial charge in [0.25, 0.3) is 0 Å². The molecule has 0 aromatic heterocycles. The molecule has 0 radical (unpaired) electrons. The number of nitrogens with two attached hydrogens (primary N) is 1. The van der Waals surface area contributed by atoms with Crippen molar-refractivity contribution in [1.82, 2.24) is 4.31 Å². The van der Waals surface area contributed by atoms with E-state index in [-0.39, 0.29) is 4.90 Å². The lowest BCUT2D eigenvalue weighted by atomic mass is 10.2. The number of carbonyl (C=O) groups is 1. The highest BCUT2D eigenvalue weighted by molar-refractivity contribution is 7.89. The van der Waals surface area contributed by atoms with Crippen LogP contribution in [0.15, 0.2) is 29.2 Å². The molecule has 2 rings (SSSR count). The van der Waals surface area contributed by atoms with E-state index < -0.39 is 15.9 Å². The summed E-state index contributed by atoms with van der Waals surface area (Å²) in [6.45, 7) is 1.14. The molecule has 1 heterocycles. The third-order valence-corrected chi connectivity index (χ3v) is 5.00. The van der Waals surface area contributed by atoms with Gasteiger partial charge in [0, 0.05) is 18.7 Å². The molecule has 1 amide bonds. The predicted molar refractivity (Wildman–Crippen MR) is 67.6 cm³/mol. The third kappa shape index (κ3) is 2.54. The number of primary amides is 1. The summed E-state index contributed by atoms with van der Waals surface area (Å²) in [4.78, 5) is 11.1. The van der Waals surface area contributed by atoms with Crippen LogP contribution in [0.5, 0.6) is 0 Å². The second-order valence-electron chi connectivity index (χ2n) is 4.35. The summed E-state index contributed by atoms with van der Waals surface area (Å²) in [6, 6.07) is 5.76. The Balaban J connectivity index is 2.26. The fraction of sp³-hybridized carbons (Fsp3) is 0.417. The van der Waals surface area contributed by atoms with Gasteiger partial charge in [0.15, 0.2) is 0 Å². The third-order valence-electron chi connectivity index (χ3n) is 3.09. The summed E-state index contributed by atoms with van der Waals surface area (Å²) in [5, 5.41) is 0. The Morgan fingerprint density at radius 2 is 1.61 bits per heavy atom. The molecule has 0 atom stereocenters. The number of amides is 1. The van der Waals surface area contributed by atoms with Crippen molar-refractivity contribution < 1.29 is 13.2 Å². The first kappa shape index (κ1) is 13.0. The van der Waals surface area contributed by atoms with Gasteiger partial charge in [0.1, 0.15) is 0 Å². The number of hydrogen-bond donors (Lipinski definition) is 1. The van der Waals surface area contributed by atoms with Crippen molar-refractivity contribution in [2.75, 3.05) is 13.1 Å². The Kier molecular flexibility index (Phi) is 3.68. The van der Waals surface area contributed by atoms with Crippen molar-refractivity contribution in [2.45, 2.75) is 24.2 Å². The zero-order chi connectivity index (χ0) is 13.2. The van der Waals surface area contributed by atoms with Crippen molar-refractivity contribution in [3.8, 4) is 0 Å². The van der Waals surface area contributed by atoms with E-state index in [1.807, 2.05) is 0 Å². The number of hydrogen-bond acceptors (Lipinski definition) is 3. The molecule has 1 aliphatic heterocycles. The van der Waals surface area contributed by atoms with Crippen LogP contribution in [0.4, 0.5) is 0 Å². The molecular weight excluding hydrogens is 252 g/mol. The average molecular weight is 268 g/mol. The van der Waals surface area contributed by atoms with Gasteiger partial charge in [-0.05, 0) is 37.1 Å².